The first-order valence-corrected chi connectivity index (χ1v) is 5.26. The second kappa shape index (κ2) is 4.49. The summed E-state index contributed by atoms with van der Waals surface area (Å²) in [6, 6.07) is 4.98. The van der Waals surface area contributed by atoms with Crippen molar-refractivity contribution >= 4 is 11.4 Å². The molecule has 5 nitrogen and oxygen atoms in total. The Morgan fingerprint density at radius 3 is 2.69 bits per heavy atom. The number of hydrogen-bond acceptors (Lipinski definition) is 4. The number of rotatable bonds is 2. The van der Waals surface area contributed by atoms with E-state index < -0.39 is 0 Å². The van der Waals surface area contributed by atoms with E-state index in [0.29, 0.717) is 13.2 Å². The van der Waals surface area contributed by atoms with E-state index in [1.807, 2.05) is 6.92 Å². The van der Waals surface area contributed by atoms with Crippen molar-refractivity contribution in [2.45, 2.75) is 6.92 Å². The van der Waals surface area contributed by atoms with Gasteiger partial charge in [0, 0.05) is 30.9 Å². The lowest BCUT2D eigenvalue weighted by molar-refractivity contribution is -0.384. The molecule has 0 unspecified atom stereocenters. The van der Waals surface area contributed by atoms with Gasteiger partial charge in [-0.2, -0.15) is 0 Å². The van der Waals surface area contributed by atoms with Gasteiger partial charge in [0.1, 0.15) is 0 Å². The molecule has 0 aliphatic carbocycles. The second-order valence-corrected chi connectivity index (χ2v) is 3.83. The molecule has 1 saturated heterocycles. The summed E-state index contributed by atoms with van der Waals surface area (Å²) in [6.07, 6.45) is 0. The van der Waals surface area contributed by atoms with Gasteiger partial charge in [0.05, 0.1) is 18.1 Å². The summed E-state index contributed by atoms with van der Waals surface area (Å²) in [5.41, 5.74) is 2.15. The predicted octanol–water partition coefficient (Wildman–Crippen LogP) is 1.74. The Bertz CT molecular complexity index is 400. The summed E-state index contributed by atoms with van der Waals surface area (Å²) in [6.45, 7) is 4.92. The number of anilines is 1. The average Bonchev–Trinajstić information content (AvgIpc) is 2.30. The highest BCUT2D eigenvalue weighted by atomic mass is 16.6. The van der Waals surface area contributed by atoms with Crippen LogP contribution in [0.3, 0.4) is 0 Å². The van der Waals surface area contributed by atoms with Gasteiger partial charge in [-0.3, -0.25) is 10.1 Å². The third kappa shape index (κ3) is 2.14. The maximum Gasteiger partial charge on any atom is 0.271 e. The van der Waals surface area contributed by atoms with E-state index in [-0.39, 0.29) is 10.6 Å². The van der Waals surface area contributed by atoms with Crippen molar-refractivity contribution in [2.75, 3.05) is 31.2 Å². The lowest BCUT2D eigenvalue weighted by Crippen LogP contribution is -2.36. The number of hydrogen-bond donors (Lipinski definition) is 0. The Kier molecular flexibility index (Phi) is 3.05. The van der Waals surface area contributed by atoms with Crippen LogP contribution in [0.5, 0.6) is 0 Å². The minimum absolute atomic E-state index is 0.145. The number of nitrogens with zero attached hydrogens (tertiary/aromatic N) is 2. The largest absolute Gasteiger partial charge is 0.378 e. The molecule has 0 amide bonds. The van der Waals surface area contributed by atoms with Crippen LogP contribution in [-0.2, 0) is 4.74 Å². The Morgan fingerprint density at radius 2 is 2.06 bits per heavy atom. The van der Waals surface area contributed by atoms with E-state index in [0.717, 1.165) is 24.3 Å². The topological polar surface area (TPSA) is 55.6 Å². The van der Waals surface area contributed by atoms with Crippen molar-refractivity contribution in [3.63, 3.8) is 0 Å². The molecule has 0 bridgehead atoms. The van der Waals surface area contributed by atoms with E-state index in [4.69, 9.17) is 4.74 Å². The van der Waals surface area contributed by atoms with Crippen LogP contribution in [0.25, 0.3) is 0 Å². The van der Waals surface area contributed by atoms with E-state index in [1.54, 1.807) is 18.2 Å². The van der Waals surface area contributed by atoms with Crippen LogP contribution in [0, 0.1) is 17.0 Å². The Hall–Kier alpha value is -1.62. The molecule has 0 saturated carbocycles. The van der Waals surface area contributed by atoms with Crippen LogP contribution in [-0.4, -0.2) is 31.2 Å². The molecule has 1 aliphatic rings. The minimum atomic E-state index is -0.358. The van der Waals surface area contributed by atoms with Crippen molar-refractivity contribution < 1.29 is 9.66 Å². The van der Waals surface area contributed by atoms with Gasteiger partial charge in [0.25, 0.3) is 5.69 Å². The third-order valence-corrected chi connectivity index (χ3v) is 2.76. The van der Waals surface area contributed by atoms with Crippen LogP contribution in [0.4, 0.5) is 11.4 Å². The Morgan fingerprint density at radius 1 is 1.38 bits per heavy atom. The fourth-order valence-corrected chi connectivity index (χ4v) is 1.86. The first-order chi connectivity index (χ1) is 7.68. The molecular formula is C11H14N2O3. The van der Waals surface area contributed by atoms with E-state index >= 15 is 0 Å². The standard InChI is InChI=1S/C11H14N2O3/c1-9-2-3-10(13(14)15)8-11(9)12-4-6-16-7-5-12/h2-3,8H,4-7H2,1H3. The molecular weight excluding hydrogens is 208 g/mol. The molecule has 86 valence electrons. The normalized spacial score (nSPS) is 16.2. The molecule has 0 spiro atoms. The van der Waals surface area contributed by atoms with Gasteiger partial charge >= 0.3 is 0 Å². The quantitative estimate of drug-likeness (QED) is 0.565. The number of nitro benzene ring substituents is 1. The zero-order valence-electron chi connectivity index (χ0n) is 9.18. The maximum atomic E-state index is 10.7. The van der Waals surface area contributed by atoms with Crippen molar-refractivity contribution in [3.8, 4) is 0 Å². The highest BCUT2D eigenvalue weighted by Gasteiger charge is 2.16. The van der Waals surface area contributed by atoms with E-state index in [9.17, 15) is 10.1 Å². The van der Waals surface area contributed by atoms with Gasteiger partial charge in [0.2, 0.25) is 0 Å². The summed E-state index contributed by atoms with van der Waals surface area (Å²) in [4.78, 5) is 12.5. The molecule has 1 aromatic carbocycles. The lowest BCUT2D eigenvalue weighted by Gasteiger charge is -2.29. The molecule has 2 rings (SSSR count). The third-order valence-electron chi connectivity index (χ3n) is 2.76. The van der Waals surface area contributed by atoms with Crippen molar-refractivity contribution in [2.24, 2.45) is 0 Å². The van der Waals surface area contributed by atoms with Gasteiger partial charge < -0.3 is 9.64 Å². The average molecular weight is 222 g/mol. The molecule has 16 heavy (non-hydrogen) atoms. The molecule has 1 heterocycles. The van der Waals surface area contributed by atoms with Crippen molar-refractivity contribution in [3.05, 3.63) is 33.9 Å². The monoisotopic (exact) mass is 222 g/mol. The van der Waals surface area contributed by atoms with Crippen LogP contribution < -0.4 is 4.90 Å². The first kappa shape index (κ1) is 10.9. The number of ether oxygens (including phenoxy) is 1. The van der Waals surface area contributed by atoms with Crippen molar-refractivity contribution in [1.82, 2.24) is 0 Å². The van der Waals surface area contributed by atoms with Crippen molar-refractivity contribution in [1.29, 1.82) is 0 Å². The van der Waals surface area contributed by atoms with E-state index in [1.165, 1.54) is 0 Å². The molecule has 0 N–H and O–H groups in total. The molecule has 1 fully saturated rings. The van der Waals surface area contributed by atoms with Crippen LogP contribution in [0.15, 0.2) is 18.2 Å². The summed E-state index contributed by atoms with van der Waals surface area (Å²) >= 11 is 0. The molecule has 0 radical (unpaired) electrons. The van der Waals surface area contributed by atoms with E-state index in [2.05, 4.69) is 4.90 Å². The van der Waals surface area contributed by atoms with Gasteiger partial charge in [-0.15, -0.1) is 0 Å². The number of benzene rings is 1. The maximum absolute atomic E-state index is 10.7. The van der Waals surface area contributed by atoms with Crippen LogP contribution in [0.1, 0.15) is 5.56 Å². The summed E-state index contributed by atoms with van der Waals surface area (Å²) < 4.78 is 5.26. The molecule has 1 aromatic rings. The van der Waals surface area contributed by atoms with Crippen LogP contribution >= 0.6 is 0 Å². The summed E-state index contributed by atoms with van der Waals surface area (Å²) in [7, 11) is 0. The number of aryl methyl sites for hydroxylation is 1. The zero-order chi connectivity index (χ0) is 11.5. The SMILES string of the molecule is Cc1ccc([N+](=O)[O-])cc1N1CCOCC1. The highest BCUT2D eigenvalue weighted by molar-refractivity contribution is 5.58. The lowest BCUT2D eigenvalue weighted by atomic mass is 10.1. The van der Waals surface area contributed by atoms with Gasteiger partial charge in [0.15, 0.2) is 0 Å². The number of non-ortho nitro benzene ring substituents is 1. The number of morpholine rings is 1. The van der Waals surface area contributed by atoms with Crippen LogP contribution in [0.2, 0.25) is 0 Å². The minimum Gasteiger partial charge on any atom is -0.378 e. The van der Waals surface area contributed by atoms with Gasteiger partial charge in [-0.1, -0.05) is 6.07 Å². The molecule has 5 heteroatoms. The fourth-order valence-electron chi connectivity index (χ4n) is 1.86. The highest BCUT2D eigenvalue weighted by Crippen LogP contribution is 2.26. The zero-order valence-corrected chi connectivity index (χ0v) is 9.18. The van der Waals surface area contributed by atoms with Gasteiger partial charge in [-0.25, -0.2) is 0 Å². The molecule has 1 aliphatic heterocycles. The fraction of sp³-hybridized carbons (Fsp3) is 0.455. The molecule has 0 aromatic heterocycles. The second-order valence-electron chi connectivity index (χ2n) is 3.83. The number of nitro groups is 1. The summed E-state index contributed by atoms with van der Waals surface area (Å²) in [5.74, 6) is 0. The first-order valence-electron chi connectivity index (χ1n) is 5.26. The summed E-state index contributed by atoms with van der Waals surface area (Å²) in [5, 5.41) is 10.7. The smallest absolute Gasteiger partial charge is 0.271 e. The Labute approximate surface area is 93.8 Å². The Balaban J connectivity index is 2.30. The van der Waals surface area contributed by atoms with Gasteiger partial charge in [-0.05, 0) is 12.5 Å². The predicted molar refractivity (Wildman–Crippen MR) is 60.9 cm³/mol. The molecule has 0 atom stereocenters.